The zero-order valence-corrected chi connectivity index (χ0v) is 16.6. The van der Waals surface area contributed by atoms with Gasteiger partial charge in [0.1, 0.15) is 12.4 Å². The van der Waals surface area contributed by atoms with Gasteiger partial charge in [-0.15, -0.1) is 0 Å². The zero-order chi connectivity index (χ0) is 20.3. The fourth-order valence-electron chi connectivity index (χ4n) is 2.51. The Morgan fingerprint density at radius 3 is 2.50 bits per heavy atom. The third-order valence-corrected chi connectivity index (χ3v) is 5.87. The van der Waals surface area contributed by atoms with Crippen molar-refractivity contribution >= 4 is 16.0 Å². The van der Waals surface area contributed by atoms with Crippen molar-refractivity contribution < 1.29 is 22.4 Å². The van der Waals surface area contributed by atoms with Crippen LogP contribution in [0, 0.1) is 6.92 Å². The maximum atomic E-state index is 12.4. The molecule has 1 aromatic heterocycles. The van der Waals surface area contributed by atoms with Crippen molar-refractivity contribution in [2.75, 3.05) is 14.1 Å². The van der Waals surface area contributed by atoms with Gasteiger partial charge in [0.2, 0.25) is 15.9 Å². The number of oxazole rings is 1. The van der Waals surface area contributed by atoms with Gasteiger partial charge in [0, 0.05) is 19.7 Å². The van der Waals surface area contributed by atoms with Crippen LogP contribution in [0.3, 0.4) is 0 Å². The van der Waals surface area contributed by atoms with Crippen LogP contribution in [0.25, 0.3) is 11.5 Å². The smallest absolute Gasteiger partial charge is 0.360 e. The minimum Gasteiger partial charge on any atom is -0.456 e. The number of aromatic nitrogens is 1. The molecule has 8 heteroatoms. The summed E-state index contributed by atoms with van der Waals surface area (Å²) in [5.41, 5.74) is 1.41. The Bertz CT molecular complexity index is 1090. The highest BCUT2D eigenvalue weighted by Crippen LogP contribution is 2.22. The Morgan fingerprint density at radius 1 is 1.11 bits per heavy atom. The minimum atomic E-state index is -3.56. The Kier molecular flexibility index (Phi) is 5.62. The van der Waals surface area contributed by atoms with Crippen LogP contribution in [0.4, 0.5) is 0 Å². The molecule has 0 spiro atoms. The molecular weight excluding hydrogens is 380 g/mol. The lowest BCUT2D eigenvalue weighted by Crippen LogP contribution is -2.22. The zero-order valence-electron chi connectivity index (χ0n) is 15.7. The number of nitrogens with zero attached hydrogens (tertiary/aromatic N) is 2. The molecule has 28 heavy (non-hydrogen) atoms. The number of rotatable bonds is 6. The van der Waals surface area contributed by atoms with E-state index in [1.54, 1.807) is 19.1 Å². The van der Waals surface area contributed by atoms with Crippen molar-refractivity contribution in [2.24, 2.45) is 0 Å². The van der Waals surface area contributed by atoms with Gasteiger partial charge in [-0.2, -0.15) is 0 Å². The fraction of sp³-hybridized carbons (Fsp3) is 0.200. The fourth-order valence-corrected chi connectivity index (χ4v) is 3.49. The van der Waals surface area contributed by atoms with Crippen LogP contribution in [0.5, 0.6) is 0 Å². The Labute approximate surface area is 163 Å². The predicted molar refractivity (Wildman–Crippen MR) is 103 cm³/mol. The molecule has 0 unspecified atom stereocenters. The van der Waals surface area contributed by atoms with Gasteiger partial charge in [0.05, 0.1) is 4.90 Å². The third kappa shape index (κ3) is 4.13. The van der Waals surface area contributed by atoms with E-state index >= 15 is 0 Å². The average molecular weight is 400 g/mol. The van der Waals surface area contributed by atoms with Gasteiger partial charge < -0.3 is 9.15 Å². The monoisotopic (exact) mass is 400 g/mol. The maximum Gasteiger partial charge on any atom is 0.360 e. The van der Waals surface area contributed by atoms with E-state index in [-0.39, 0.29) is 17.2 Å². The summed E-state index contributed by atoms with van der Waals surface area (Å²) in [7, 11) is -0.643. The quantitative estimate of drug-likeness (QED) is 0.590. The van der Waals surface area contributed by atoms with Crippen LogP contribution in [0.15, 0.2) is 63.9 Å². The molecule has 3 rings (SSSR count). The van der Waals surface area contributed by atoms with E-state index in [0.717, 1.165) is 9.87 Å². The molecule has 0 aliphatic heterocycles. The first kappa shape index (κ1) is 19.8. The van der Waals surface area contributed by atoms with Crippen LogP contribution >= 0.6 is 0 Å². The molecule has 7 nitrogen and oxygen atoms in total. The number of sulfonamides is 1. The number of ether oxygens (including phenoxy) is 1. The standard InChI is InChI=1S/C20H20N2O5S/c1-14-18(21-19(27-14)16-9-5-4-6-10-16)20(23)26-13-15-8-7-11-17(12-15)28(24,25)22(2)3/h4-12H,13H2,1-3H3. The van der Waals surface area contributed by atoms with E-state index in [1.807, 2.05) is 30.3 Å². The summed E-state index contributed by atoms with van der Waals surface area (Å²) >= 11 is 0. The van der Waals surface area contributed by atoms with Gasteiger partial charge in [0.25, 0.3) is 0 Å². The van der Waals surface area contributed by atoms with Gasteiger partial charge in [-0.3, -0.25) is 0 Å². The molecule has 1 heterocycles. The normalized spacial score (nSPS) is 11.6. The number of carbonyl (C=O) groups is 1. The highest BCUT2D eigenvalue weighted by atomic mass is 32.2. The maximum absolute atomic E-state index is 12.4. The van der Waals surface area contributed by atoms with Crippen LogP contribution in [-0.4, -0.2) is 37.8 Å². The molecule has 146 valence electrons. The van der Waals surface area contributed by atoms with Crippen LogP contribution in [0.1, 0.15) is 21.8 Å². The van der Waals surface area contributed by atoms with Gasteiger partial charge in [0.15, 0.2) is 5.69 Å². The summed E-state index contributed by atoms with van der Waals surface area (Å²) in [6.45, 7) is 1.56. The highest BCUT2D eigenvalue weighted by Gasteiger charge is 2.20. The number of esters is 1. The van der Waals surface area contributed by atoms with Crippen molar-refractivity contribution in [1.29, 1.82) is 0 Å². The molecule has 0 aliphatic carbocycles. The minimum absolute atomic E-state index is 0.0808. The van der Waals surface area contributed by atoms with Crippen molar-refractivity contribution in [1.82, 2.24) is 9.29 Å². The van der Waals surface area contributed by atoms with Gasteiger partial charge in [-0.05, 0) is 36.8 Å². The summed E-state index contributed by atoms with van der Waals surface area (Å²) < 4.78 is 36.4. The third-order valence-electron chi connectivity index (χ3n) is 4.06. The molecule has 0 fully saturated rings. The van der Waals surface area contributed by atoms with E-state index in [0.29, 0.717) is 17.2 Å². The molecule has 0 atom stereocenters. The molecule has 2 aromatic carbocycles. The highest BCUT2D eigenvalue weighted by molar-refractivity contribution is 7.89. The second kappa shape index (κ2) is 7.95. The number of hydrogen-bond acceptors (Lipinski definition) is 6. The predicted octanol–water partition coefficient (Wildman–Crippen LogP) is 3.26. The second-order valence-corrected chi connectivity index (χ2v) is 8.45. The Morgan fingerprint density at radius 2 is 1.82 bits per heavy atom. The molecule has 0 aliphatic rings. The van der Waals surface area contributed by atoms with Gasteiger partial charge in [-0.1, -0.05) is 30.3 Å². The molecule has 0 radical (unpaired) electrons. The molecular formula is C20H20N2O5S. The Hall–Kier alpha value is -2.97. The van der Waals surface area contributed by atoms with Crippen molar-refractivity contribution in [3.05, 3.63) is 71.6 Å². The van der Waals surface area contributed by atoms with E-state index < -0.39 is 16.0 Å². The second-order valence-electron chi connectivity index (χ2n) is 6.30. The lowest BCUT2D eigenvalue weighted by atomic mass is 10.2. The first-order chi connectivity index (χ1) is 13.3. The lowest BCUT2D eigenvalue weighted by Gasteiger charge is -2.12. The van der Waals surface area contributed by atoms with Crippen molar-refractivity contribution in [2.45, 2.75) is 18.4 Å². The summed E-state index contributed by atoms with van der Waals surface area (Å²) in [6.07, 6.45) is 0. The average Bonchev–Trinajstić information content (AvgIpc) is 3.08. The summed E-state index contributed by atoms with van der Waals surface area (Å²) in [5.74, 6) is 0.0567. The Balaban J connectivity index is 1.74. The number of benzene rings is 2. The van der Waals surface area contributed by atoms with Gasteiger partial charge >= 0.3 is 5.97 Å². The van der Waals surface area contributed by atoms with Crippen LogP contribution in [-0.2, 0) is 21.4 Å². The largest absolute Gasteiger partial charge is 0.456 e. The molecule has 0 saturated heterocycles. The molecule has 3 aromatic rings. The van der Waals surface area contributed by atoms with E-state index in [4.69, 9.17) is 9.15 Å². The van der Waals surface area contributed by atoms with Gasteiger partial charge in [-0.25, -0.2) is 22.5 Å². The number of aryl methyl sites for hydroxylation is 1. The van der Waals surface area contributed by atoms with Crippen LogP contribution in [0.2, 0.25) is 0 Å². The molecule has 0 N–H and O–H groups in total. The van der Waals surface area contributed by atoms with E-state index in [9.17, 15) is 13.2 Å². The summed E-state index contributed by atoms with van der Waals surface area (Å²) in [6, 6.07) is 15.5. The topological polar surface area (TPSA) is 89.7 Å². The van der Waals surface area contributed by atoms with Crippen molar-refractivity contribution in [3.63, 3.8) is 0 Å². The van der Waals surface area contributed by atoms with E-state index in [1.165, 1.54) is 26.2 Å². The summed E-state index contributed by atoms with van der Waals surface area (Å²) in [4.78, 5) is 16.8. The lowest BCUT2D eigenvalue weighted by molar-refractivity contribution is 0.0464. The molecule has 0 saturated carbocycles. The van der Waals surface area contributed by atoms with E-state index in [2.05, 4.69) is 4.98 Å². The first-order valence-electron chi connectivity index (χ1n) is 8.50. The first-order valence-corrected chi connectivity index (χ1v) is 9.94. The SMILES string of the molecule is Cc1oc(-c2ccccc2)nc1C(=O)OCc1cccc(S(=O)(=O)N(C)C)c1. The molecule has 0 bridgehead atoms. The number of carbonyl (C=O) groups excluding carboxylic acids is 1. The molecule has 0 amide bonds. The number of hydrogen-bond donors (Lipinski definition) is 0. The summed E-state index contributed by atoms with van der Waals surface area (Å²) in [5, 5.41) is 0. The van der Waals surface area contributed by atoms with Crippen LogP contribution < -0.4 is 0 Å². The van der Waals surface area contributed by atoms with Crippen molar-refractivity contribution in [3.8, 4) is 11.5 Å².